The third-order valence-electron chi connectivity index (χ3n) is 5.21. The molecule has 0 amide bonds. The van der Waals surface area contributed by atoms with Crippen molar-refractivity contribution >= 4 is 34.0 Å². The summed E-state index contributed by atoms with van der Waals surface area (Å²) in [4.78, 5) is 46.4. The van der Waals surface area contributed by atoms with Gasteiger partial charge < -0.3 is 28.4 Å². The summed E-state index contributed by atoms with van der Waals surface area (Å²) in [6, 6.07) is 0. The van der Waals surface area contributed by atoms with Crippen LogP contribution in [-0.4, -0.2) is 104 Å². The van der Waals surface area contributed by atoms with Crippen molar-refractivity contribution in [1.29, 1.82) is 0 Å². The first-order valence-electron chi connectivity index (χ1n) is 11.9. The highest BCUT2D eigenvalue weighted by molar-refractivity contribution is 7.86. The number of carbonyl (C=O) groups is 4. The average molecular weight is 686 g/mol. The number of carbonyl (C=O) groups excluding carboxylic acids is 4. The van der Waals surface area contributed by atoms with Crippen molar-refractivity contribution in [3.8, 4) is 0 Å². The second-order valence-corrected chi connectivity index (χ2v) is 10.3. The van der Waals surface area contributed by atoms with Gasteiger partial charge in [-0.2, -0.15) is 43.5 Å². The fourth-order valence-corrected chi connectivity index (χ4v) is 3.75. The molecule has 0 aliphatic carbocycles. The van der Waals surface area contributed by atoms with E-state index in [4.69, 9.17) is 33.0 Å². The molecule has 14 nitrogen and oxygen atoms in total. The zero-order valence-electron chi connectivity index (χ0n) is 22.9. The average Bonchev–Trinajstić information content (AvgIpc) is 2.81. The first kappa shape index (κ1) is 39.1. The SMILES string of the molecule is CC(=O)OCC1O[C@@H](OCCCC(F)(F)C(F)(F)OC(F)(F)C(F)(F)S(=O)(=O)O)C(OC(C)=O)[C@@H](OC(C)=O)[C@H]1OC(C)=O. The number of halogens is 8. The van der Waals surface area contributed by atoms with Crippen molar-refractivity contribution in [3.63, 3.8) is 0 Å². The van der Waals surface area contributed by atoms with Crippen molar-refractivity contribution < 1.29 is 100 Å². The van der Waals surface area contributed by atoms with E-state index in [1.807, 2.05) is 0 Å². The molecule has 0 spiro atoms. The van der Waals surface area contributed by atoms with Crippen molar-refractivity contribution in [1.82, 2.24) is 0 Å². The van der Waals surface area contributed by atoms with Crippen LogP contribution in [0.2, 0.25) is 0 Å². The van der Waals surface area contributed by atoms with Gasteiger partial charge in [0.15, 0.2) is 24.6 Å². The van der Waals surface area contributed by atoms with Crippen molar-refractivity contribution in [2.24, 2.45) is 0 Å². The zero-order chi connectivity index (χ0) is 34.5. The fourth-order valence-electron chi connectivity index (χ4n) is 3.41. The summed E-state index contributed by atoms with van der Waals surface area (Å²) in [5, 5.41) is -6.75. The van der Waals surface area contributed by atoms with Gasteiger partial charge in [-0.25, -0.2) is 4.74 Å². The standard InChI is InChI=1S/C21H26F8O14S/c1-9(30)38-8-13-14(39-10(2)31)15(40-11(3)32)16(41-12(4)33)17(42-13)37-7-5-6-18(22,23)19(24,25)43-20(26,27)21(28,29)44(34,35)36/h13-17H,5-8H2,1-4H3,(H,34,35,36)/t13?,14-,15-,16?,17+/m0/s1. The molecule has 0 aromatic heterocycles. The molecular weight excluding hydrogens is 660 g/mol. The van der Waals surface area contributed by atoms with Gasteiger partial charge in [0, 0.05) is 34.1 Å². The number of esters is 4. The Morgan fingerprint density at radius 3 is 1.68 bits per heavy atom. The molecule has 1 heterocycles. The van der Waals surface area contributed by atoms with E-state index < -0.39 is 114 Å². The van der Waals surface area contributed by atoms with Gasteiger partial charge in [-0.3, -0.25) is 23.7 Å². The Morgan fingerprint density at radius 1 is 0.750 bits per heavy atom. The molecule has 1 aliphatic heterocycles. The molecule has 1 fully saturated rings. The summed E-state index contributed by atoms with van der Waals surface area (Å²) >= 11 is 0. The lowest BCUT2D eigenvalue weighted by molar-refractivity contribution is -0.456. The van der Waals surface area contributed by atoms with E-state index in [-0.39, 0.29) is 0 Å². The Hall–Kier alpha value is -2.89. The number of rotatable bonds is 15. The number of hydrogen-bond donors (Lipinski definition) is 1. The molecule has 256 valence electrons. The summed E-state index contributed by atoms with van der Waals surface area (Å²) in [5.41, 5.74) is 0. The van der Waals surface area contributed by atoms with Crippen LogP contribution in [0.15, 0.2) is 0 Å². The quantitative estimate of drug-likeness (QED) is 0.0868. The van der Waals surface area contributed by atoms with Crippen LogP contribution in [0.5, 0.6) is 0 Å². The Kier molecular flexibility index (Phi) is 12.9. The van der Waals surface area contributed by atoms with E-state index in [2.05, 4.69) is 4.74 Å². The van der Waals surface area contributed by atoms with E-state index in [9.17, 15) is 62.7 Å². The Labute approximate surface area is 242 Å². The molecule has 0 radical (unpaired) electrons. The predicted molar refractivity (Wildman–Crippen MR) is 120 cm³/mol. The van der Waals surface area contributed by atoms with E-state index in [0.29, 0.717) is 0 Å². The first-order valence-corrected chi connectivity index (χ1v) is 13.3. The maximum Gasteiger partial charge on any atom is 0.460 e. The Bertz CT molecular complexity index is 1170. The molecule has 1 N–H and O–H groups in total. The van der Waals surface area contributed by atoms with Gasteiger partial charge in [-0.1, -0.05) is 0 Å². The van der Waals surface area contributed by atoms with E-state index >= 15 is 0 Å². The minimum atomic E-state index is -7.10. The van der Waals surface area contributed by atoms with Gasteiger partial charge in [0.1, 0.15) is 12.7 Å². The molecular formula is C21H26F8O14S. The molecule has 23 heteroatoms. The zero-order valence-corrected chi connectivity index (χ0v) is 23.7. The van der Waals surface area contributed by atoms with Gasteiger partial charge in [-0.05, 0) is 6.42 Å². The highest BCUT2D eigenvalue weighted by atomic mass is 32.2. The smallest absolute Gasteiger partial charge is 0.460 e. The van der Waals surface area contributed by atoms with Crippen LogP contribution < -0.4 is 0 Å². The molecule has 0 bridgehead atoms. The molecule has 2 unspecified atom stereocenters. The molecule has 44 heavy (non-hydrogen) atoms. The minimum absolute atomic E-state index is 0.721. The summed E-state index contributed by atoms with van der Waals surface area (Å²) in [7, 11) is -7.10. The lowest BCUT2D eigenvalue weighted by Gasteiger charge is -2.44. The van der Waals surface area contributed by atoms with Crippen LogP contribution >= 0.6 is 0 Å². The molecule has 0 aromatic rings. The Balaban J connectivity index is 3.18. The summed E-state index contributed by atoms with van der Waals surface area (Å²) in [5.74, 6) is -9.71. The van der Waals surface area contributed by atoms with Crippen molar-refractivity contribution in [2.45, 2.75) is 94.6 Å². The molecule has 0 saturated carbocycles. The number of hydrogen-bond acceptors (Lipinski definition) is 13. The highest BCUT2D eigenvalue weighted by Crippen LogP contribution is 2.48. The van der Waals surface area contributed by atoms with Crippen LogP contribution in [0.1, 0.15) is 40.5 Å². The highest BCUT2D eigenvalue weighted by Gasteiger charge is 2.73. The topological polar surface area (TPSA) is 187 Å². The maximum absolute atomic E-state index is 14.1. The van der Waals surface area contributed by atoms with Crippen LogP contribution in [0, 0.1) is 0 Å². The van der Waals surface area contributed by atoms with Crippen LogP contribution in [0.4, 0.5) is 35.1 Å². The lowest BCUT2D eigenvalue weighted by atomic mass is 9.98. The van der Waals surface area contributed by atoms with Crippen LogP contribution in [0.25, 0.3) is 0 Å². The van der Waals surface area contributed by atoms with Crippen molar-refractivity contribution in [3.05, 3.63) is 0 Å². The van der Waals surface area contributed by atoms with Gasteiger partial charge in [0.2, 0.25) is 0 Å². The largest absolute Gasteiger partial charge is 0.463 e. The second-order valence-electron chi connectivity index (χ2n) is 8.87. The van der Waals surface area contributed by atoms with Crippen LogP contribution in [0.3, 0.4) is 0 Å². The molecule has 5 atom stereocenters. The maximum atomic E-state index is 14.1. The normalized spacial score (nSPS) is 23.4. The molecule has 0 aromatic carbocycles. The van der Waals surface area contributed by atoms with Gasteiger partial charge in [0.05, 0.1) is 6.61 Å². The van der Waals surface area contributed by atoms with E-state index in [0.717, 1.165) is 27.7 Å². The lowest BCUT2D eigenvalue weighted by Crippen LogP contribution is -2.63. The monoisotopic (exact) mass is 686 g/mol. The predicted octanol–water partition coefficient (Wildman–Crippen LogP) is 2.18. The summed E-state index contributed by atoms with van der Waals surface area (Å²) < 4.78 is 170. The first-order chi connectivity index (χ1) is 19.8. The van der Waals surface area contributed by atoms with Crippen LogP contribution in [-0.2, 0) is 62.5 Å². The van der Waals surface area contributed by atoms with E-state index in [1.54, 1.807) is 0 Å². The Morgan fingerprint density at radius 2 is 1.23 bits per heavy atom. The summed E-state index contributed by atoms with van der Waals surface area (Å²) in [6.07, 6.45) is -25.4. The molecule has 1 saturated heterocycles. The third kappa shape index (κ3) is 10.1. The second kappa shape index (κ2) is 14.5. The number of ether oxygens (including phenoxy) is 7. The van der Waals surface area contributed by atoms with E-state index in [1.165, 1.54) is 0 Å². The third-order valence-corrected chi connectivity index (χ3v) is 6.10. The summed E-state index contributed by atoms with van der Waals surface area (Å²) in [6.45, 7) is 1.79. The minimum Gasteiger partial charge on any atom is -0.463 e. The number of alkyl halides is 8. The molecule has 1 rings (SSSR count). The fraction of sp³-hybridized carbons (Fsp3) is 0.810. The molecule has 1 aliphatic rings. The van der Waals surface area contributed by atoms with Crippen molar-refractivity contribution in [2.75, 3.05) is 13.2 Å². The van der Waals surface area contributed by atoms with Gasteiger partial charge in [0.25, 0.3) is 0 Å². The van der Waals surface area contributed by atoms with Gasteiger partial charge >= 0.3 is 57.4 Å². The van der Waals surface area contributed by atoms with Gasteiger partial charge in [-0.15, -0.1) is 0 Å².